The molecule has 0 atom stereocenters. The van der Waals surface area contributed by atoms with E-state index in [1.165, 1.54) is 23.3 Å². The molecule has 0 saturated carbocycles. The second-order valence-corrected chi connectivity index (χ2v) is 6.81. The summed E-state index contributed by atoms with van der Waals surface area (Å²) >= 11 is 0. The third kappa shape index (κ3) is 5.73. The van der Waals surface area contributed by atoms with Crippen LogP contribution in [0, 0.1) is 0 Å². The molecule has 0 aliphatic rings. The maximum absolute atomic E-state index is 11.2. The largest absolute Gasteiger partial charge is 0.490 e. The summed E-state index contributed by atoms with van der Waals surface area (Å²) < 4.78 is 5.80. The SMILES string of the molecule is Nc1cc(C(=O)O)cc(OCCN(Cc2ccccc2)Cc2ccccc2)c1N. The second-order valence-electron chi connectivity index (χ2n) is 6.81. The van der Waals surface area contributed by atoms with Crippen molar-refractivity contribution in [1.82, 2.24) is 4.90 Å². The molecule has 150 valence electrons. The average Bonchev–Trinajstić information content (AvgIpc) is 2.72. The Morgan fingerprint density at radius 1 is 0.897 bits per heavy atom. The molecule has 0 fully saturated rings. The van der Waals surface area contributed by atoms with Crippen molar-refractivity contribution in [3.05, 3.63) is 89.5 Å². The van der Waals surface area contributed by atoms with Crippen LogP contribution in [-0.4, -0.2) is 29.1 Å². The van der Waals surface area contributed by atoms with Gasteiger partial charge in [-0.05, 0) is 23.3 Å². The second kappa shape index (κ2) is 9.61. The minimum Gasteiger partial charge on any atom is -0.490 e. The van der Waals surface area contributed by atoms with Crippen molar-refractivity contribution in [3.8, 4) is 5.75 Å². The molecule has 6 heteroatoms. The van der Waals surface area contributed by atoms with Gasteiger partial charge in [0.15, 0.2) is 0 Å². The molecule has 0 bridgehead atoms. The molecular weight excluding hydrogens is 366 g/mol. The van der Waals surface area contributed by atoms with Crippen molar-refractivity contribution in [1.29, 1.82) is 0 Å². The average molecular weight is 391 g/mol. The Labute approximate surface area is 170 Å². The summed E-state index contributed by atoms with van der Waals surface area (Å²) in [6.07, 6.45) is 0. The highest BCUT2D eigenvalue weighted by atomic mass is 16.5. The zero-order valence-corrected chi connectivity index (χ0v) is 16.1. The van der Waals surface area contributed by atoms with Crippen LogP contribution in [0.3, 0.4) is 0 Å². The van der Waals surface area contributed by atoms with Gasteiger partial charge in [-0.25, -0.2) is 4.79 Å². The van der Waals surface area contributed by atoms with E-state index in [1.54, 1.807) is 0 Å². The minimum atomic E-state index is -1.07. The number of carboxylic acid groups (broad SMARTS) is 1. The number of benzene rings is 3. The van der Waals surface area contributed by atoms with Gasteiger partial charge < -0.3 is 21.3 Å². The summed E-state index contributed by atoms with van der Waals surface area (Å²) in [4.78, 5) is 13.5. The van der Waals surface area contributed by atoms with Gasteiger partial charge in [-0.15, -0.1) is 0 Å². The summed E-state index contributed by atoms with van der Waals surface area (Å²) in [5.41, 5.74) is 14.7. The van der Waals surface area contributed by atoms with Gasteiger partial charge in [0.1, 0.15) is 12.4 Å². The number of carbonyl (C=O) groups is 1. The first-order chi connectivity index (χ1) is 14.0. The van der Waals surface area contributed by atoms with Gasteiger partial charge >= 0.3 is 5.97 Å². The van der Waals surface area contributed by atoms with Crippen molar-refractivity contribution in [2.24, 2.45) is 0 Å². The van der Waals surface area contributed by atoms with E-state index in [-0.39, 0.29) is 16.9 Å². The molecule has 0 spiro atoms. The molecule has 3 aromatic carbocycles. The van der Waals surface area contributed by atoms with Crippen molar-refractivity contribution in [3.63, 3.8) is 0 Å². The standard InChI is InChI=1S/C23H25N3O3/c24-20-13-19(23(27)28)14-21(22(20)25)29-12-11-26(15-17-7-3-1-4-8-17)16-18-9-5-2-6-10-18/h1-10,13-14H,11-12,15-16,24-25H2,(H,27,28). The van der Waals surface area contributed by atoms with Gasteiger partial charge in [0, 0.05) is 19.6 Å². The molecule has 29 heavy (non-hydrogen) atoms. The molecule has 3 aromatic rings. The number of rotatable bonds is 9. The Hall–Kier alpha value is -3.51. The van der Waals surface area contributed by atoms with E-state index < -0.39 is 5.97 Å². The molecule has 0 saturated heterocycles. The van der Waals surface area contributed by atoms with E-state index in [4.69, 9.17) is 16.2 Å². The summed E-state index contributed by atoms with van der Waals surface area (Å²) in [6.45, 7) is 2.53. The number of aromatic carboxylic acids is 1. The highest BCUT2D eigenvalue weighted by Crippen LogP contribution is 2.29. The lowest BCUT2D eigenvalue weighted by atomic mass is 10.1. The Kier molecular flexibility index (Phi) is 6.71. The molecule has 0 aliphatic heterocycles. The van der Waals surface area contributed by atoms with Gasteiger partial charge in [-0.1, -0.05) is 60.7 Å². The first-order valence-electron chi connectivity index (χ1n) is 9.38. The predicted octanol–water partition coefficient (Wildman–Crippen LogP) is 3.63. The topological polar surface area (TPSA) is 102 Å². The summed E-state index contributed by atoms with van der Waals surface area (Å²) in [6, 6.07) is 23.2. The monoisotopic (exact) mass is 391 g/mol. The van der Waals surface area contributed by atoms with Crippen LogP contribution in [0.1, 0.15) is 21.5 Å². The van der Waals surface area contributed by atoms with E-state index in [9.17, 15) is 9.90 Å². The van der Waals surface area contributed by atoms with Crippen molar-refractivity contribution >= 4 is 17.3 Å². The van der Waals surface area contributed by atoms with E-state index in [0.29, 0.717) is 18.9 Å². The number of ether oxygens (including phenoxy) is 1. The number of hydrogen-bond donors (Lipinski definition) is 3. The Morgan fingerprint density at radius 2 is 1.45 bits per heavy atom. The molecule has 6 nitrogen and oxygen atoms in total. The minimum absolute atomic E-state index is 0.0529. The van der Waals surface area contributed by atoms with E-state index in [0.717, 1.165) is 13.1 Å². The van der Waals surface area contributed by atoms with E-state index in [2.05, 4.69) is 29.2 Å². The van der Waals surface area contributed by atoms with Crippen LogP contribution in [-0.2, 0) is 13.1 Å². The predicted molar refractivity (Wildman–Crippen MR) is 115 cm³/mol. The normalized spacial score (nSPS) is 10.8. The van der Waals surface area contributed by atoms with Gasteiger partial charge in [-0.3, -0.25) is 4.90 Å². The Balaban J connectivity index is 1.69. The molecule has 5 N–H and O–H groups in total. The van der Waals surface area contributed by atoms with Gasteiger partial charge in [-0.2, -0.15) is 0 Å². The first kappa shape index (κ1) is 20.2. The molecule has 0 unspecified atom stereocenters. The van der Waals surface area contributed by atoms with Gasteiger partial charge in [0.25, 0.3) is 0 Å². The van der Waals surface area contributed by atoms with Crippen LogP contribution in [0.4, 0.5) is 11.4 Å². The fourth-order valence-corrected chi connectivity index (χ4v) is 3.07. The van der Waals surface area contributed by atoms with Crippen molar-refractivity contribution in [2.75, 3.05) is 24.6 Å². The number of hydrogen-bond acceptors (Lipinski definition) is 5. The van der Waals surface area contributed by atoms with E-state index in [1.807, 2.05) is 36.4 Å². The molecule has 3 rings (SSSR count). The Bertz CT molecular complexity index is 905. The zero-order valence-electron chi connectivity index (χ0n) is 16.1. The third-order valence-corrected chi connectivity index (χ3v) is 4.58. The number of anilines is 2. The number of nitrogens with two attached hydrogens (primary N) is 2. The number of nitrogens with zero attached hydrogens (tertiary/aromatic N) is 1. The summed E-state index contributed by atoms with van der Waals surface area (Å²) in [7, 11) is 0. The quantitative estimate of drug-likeness (QED) is 0.482. The van der Waals surface area contributed by atoms with Crippen molar-refractivity contribution < 1.29 is 14.6 Å². The summed E-state index contributed by atoms with van der Waals surface area (Å²) in [5.74, 6) is -0.780. The maximum atomic E-state index is 11.2. The van der Waals surface area contributed by atoms with Gasteiger partial charge in [0.05, 0.1) is 16.9 Å². The molecule has 0 radical (unpaired) electrons. The summed E-state index contributed by atoms with van der Waals surface area (Å²) in [5, 5.41) is 9.21. The van der Waals surface area contributed by atoms with Crippen LogP contribution < -0.4 is 16.2 Å². The Morgan fingerprint density at radius 3 is 1.97 bits per heavy atom. The highest BCUT2D eigenvalue weighted by molar-refractivity contribution is 5.91. The molecular formula is C23H25N3O3. The van der Waals surface area contributed by atoms with Crippen LogP contribution in [0.25, 0.3) is 0 Å². The number of nitrogen functional groups attached to an aromatic ring is 2. The molecule has 0 amide bonds. The van der Waals surface area contributed by atoms with Gasteiger partial charge in [0.2, 0.25) is 0 Å². The third-order valence-electron chi connectivity index (χ3n) is 4.58. The van der Waals surface area contributed by atoms with Crippen molar-refractivity contribution in [2.45, 2.75) is 13.1 Å². The van der Waals surface area contributed by atoms with Crippen LogP contribution in [0.15, 0.2) is 72.8 Å². The van der Waals surface area contributed by atoms with Crippen LogP contribution in [0.5, 0.6) is 5.75 Å². The lowest BCUT2D eigenvalue weighted by molar-refractivity contribution is 0.0696. The van der Waals surface area contributed by atoms with Crippen LogP contribution in [0.2, 0.25) is 0 Å². The fraction of sp³-hybridized carbons (Fsp3) is 0.174. The fourth-order valence-electron chi connectivity index (χ4n) is 3.07. The molecule has 0 heterocycles. The lowest BCUT2D eigenvalue weighted by Crippen LogP contribution is -2.28. The molecule has 0 aromatic heterocycles. The molecule has 0 aliphatic carbocycles. The lowest BCUT2D eigenvalue weighted by Gasteiger charge is -2.23. The number of carboxylic acids is 1. The first-order valence-corrected chi connectivity index (χ1v) is 9.38. The van der Waals surface area contributed by atoms with Crippen LogP contribution >= 0.6 is 0 Å². The zero-order chi connectivity index (χ0) is 20.6. The maximum Gasteiger partial charge on any atom is 0.335 e. The highest BCUT2D eigenvalue weighted by Gasteiger charge is 2.13. The van der Waals surface area contributed by atoms with E-state index >= 15 is 0 Å². The smallest absolute Gasteiger partial charge is 0.335 e.